The molecule has 0 amide bonds. The van der Waals surface area contributed by atoms with Crippen molar-refractivity contribution in [1.29, 1.82) is 15.8 Å². The molecule has 0 aliphatic heterocycles. The molecule has 0 saturated heterocycles. The van der Waals surface area contributed by atoms with E-state index in [0.717, 1.165) is 52.4 Å². The largest absolute Gasteiger partial charge is 0.457 e. The molecule has 5 aromatic rings. The Bertz CT molecular complexity index is 1990. The van der Waals surface area contributed by atoms with Gasteiger partial charge >= 0.3 is 0 Å². The summed E-state index contributed by atoms with van der Waals surface area (Å²) in [7, 11) is 0. The van der Waals surface area contributed by atoms with Gasteiger partial charge in [0.1, 0.15) is 40.8 Å². The van der Waals surface area contributed by atoms with E-state index in [1.54, 1.807) is 25.2 Å². The van der Waals surface area contributed by atoms with Crippen molar-refractivity contribution in [2.75, 3.05) is 0 Å². The number of aromatic nitrogens is 1. The van der Waals surface area contributed by atoms with Crippen LogP contribution in [0.5, 0.6) is 0 Å². The number of benzene rings is 2. The van der Waals surface area contributed by atoms with E-state index in [9.17, 15) is 0 Å². The summed E-state index contributed by atoms with van der Waals surface area (Å²) in [5, 5.41) is 29.0. The fraction of sp³-hybridized carbons (Fsp3) is 0.114. The fourth-order valence-corrected chi connectivity index (χ4v) is 4.72. The predicted molar refractivity (Wildman–Crippen MR) is 162 cm³/mol. The second kappa shape index (κ2) is 12.0. The Kier molecular flexibility index (Phi) is 7.82. The maximum atomic E-state index is 8.91. The lowest BCUT2D eigenvalue weighted by Crippen LogP contribution is -1.96. The minimum absolute atomic E-state index is 0.0363. The van der Waals surface area contributed by atoms with E-state index in [0.29, 0.717) is 11.3 Å². The van der Waals surface area contributed by atoms with Crippen molar-refractivity contribution in [1.82, 2.24) is 4.57 Å². The number of fused-ring (bicyclic) bond motifs is 3. The first-order chi connectivity index (χ1) is 20.0. The number of furan rings is 2. The van der Waals surface area contributed by atoms with E-state index in [1.807, 2.05) is 48.6 Å². The summed E-state index contributed by atoms with van der Waals surface area (Å²) in [6.07, 6.45) is 11.2. The minimum Gasteiger partial charge on any atom is -0.457 e. The fourth-order valence-electron chi connectivity index (χ4n) is 4.72. The smallest absolute Gasteiger partial charge is 0.134 e. The summed E-state index contributed by atoms with van der Waals surface area (Å²) >= 11 is 0. The summed E-state index contributed by atoms with van der Waals surface area (Å²) in [5.41, 5.74) is 4.89. The number of hydrogen-bond acceptors (Lipinski definition) is 5. The topological polar surface area (TPSA) is 103 Å². The van der Waals surface area contributed by atoms with Crippen LogP contribution in [0, 0.1) is 34.0 Å². The number of allylic oxidation sites excluding steroid dienone is 6. The van der Waals surface area contributed by atoms with E-state index in [-0.39, 0.29) is 5.57 Å². The van der Waals surface area contributed by atoms with Crippen LogP contribution in [-0.2, 0) is 6.54 Å². The zero-order valence-electron chi connectivity index (χ0n) is 22.8. The molecule has 3 aromatic heterocycles. The van der Waals surface area contributed by atoms with Gasteiger partial charge in [0.15, 0.2) is 0 Å². The standard InChI is InChI=1S/C35H26N4O2/c1-3-18-39-32-19-26(34-16-12-28(40-34)8-4-6-24(2)21-36)10-14-30(32)31-15-11-27(20-33(31)39)35-17-13-29(41-35)9-5-7-25(22-37)23-38/h4-17,19-20H,3,18H2,1-2H3/b8-4+,9-5+,24-6-. The Morgan fingerprint density at radius 1 is 0.732 bits per heavy atom. The highest BCUT2D eigenvalue weighted by Crippen LogP contribution is 2.36. The van der Waals surface area contributed by atoms with Crippen molar-refractivity contribution in [2.45, 2.75) is 26.8 Å². The molecule has 0 aliphatic rings. The lowest BCUT2D eigenvalue weighted by molar-refractivity contribution is 0.571. The molecule has 0 fully saturated rings. The molecular formula is C35H26N4O2. The first-order valence-electron chi connectivity index (χ1n) is 13.2. The van der Waals surface area contributed by atoms with Gasteiger partial charge in [0.2, 0.25) is 0 Å². The van der Waals surface area contributed by atoms with Crippen LogP contribution in [0.1, 0.15) is 31.8 Å². The SMILES string of the molecule is CCCn1c2cc(-c3ccc(/C=C/C=C(C#N)C#N)o3)ccc2c2ccc(-c3ccc(/C=C/C=C(/C)C#N)o3)cc21. The molecule has 2 aromatic carbocycles. The highest BCUT2D eigenvalue weighted by atomic mass is 16.3. The predicted octanol–water partition coefficient (Wildman–Crippen LogP) is 9.19. The number of nitriles is 3. The van der Waals surface area contributed by atoms with Crippen molar-refractivity contribution in [2.24, 2.45) is 0 Å². The monoisotopic (exact) mass is 534 g/mol. The first kappa shape index (κ1) is 26.8. The van der Waals surface area contributed by atoms with E-state index < -0.39 is 0 Å². The molecule has 198 valence electrons. The van der Waals surface area contributed by atoms with Crippen LogP contribution in [-0.4, -0.2) is 4.57 Å². The third-order valence-electron chi connectivity index (χ3n) is 6.68. The van der Waals surface area contributed by atoms with Crippen LogP contribution in [0.3, 0.4) is 0 Å². The molecule has 0 radical (unpaired) electrons. The Hall–Kier alpha value is -5.77. The Morgan fingerprint density at radius 2 is 1.27 bits per heavy atom. The van der Waals surface area contributed by atoms with Gasteiger partial charge in [-0.3, -0.25) is 0 Å². The Morgan fingerprint density at radius 3 is 1.76 bits per heavy atom. The molecule has 5 rings (SSSR count). The third-order valence-corrected chi connectivity index (χ3v) is 6.68. The van der Waals surface area contributed by atoms with E-state index in [1.165, 1.54) is 16.8 Å². The van der Waals surface area contributed by atoms with Crippen molar-refractivity contribution < 1.29 is 8.83 Å². The molecule has 0 bridgehead atoms. The average Bonchev–Trinajstić information content (AvgIpc) is 3.74. The van der Waals surface area contributed by atoms with Gasteiger partial charge in [-0.15, -0.1) is 0 Å². The van der Waals surface area contributed by atoms with E-state index >= 15 is 0 Å². The Balaban J connectivity index is 1.50. The summed E-state index contributed by atoms with van der Waals surface area (Å²) < 4.78 is 14.5. The molecule has 6 nitrogen and oxygen atoms in total. The summed E-state index contributed by atoms with van der Waals surface area (Å²) in [6, 6.07) is 26.2. The van der Waals surface area contributed by atoms with Gasteiger partial charge in [0.25, 0.3) is 0 Å². The third kappa shape index (κ3) is 5.66. The molecule has 0 unspecified atom stereocenters. The Labute approximate surface area is 238 Å². The van der Waals surface area contributed by atoms with Gasteiger partial charge in [0, 0.05) is 45.1 Å². The minimum atomic E-state index is 0.0363. The molecule has 41 heavy (non-hydrogen) atoms. The van der Waals surface area contributed by atoms with E-state index in [4.69, 9.17) is 24.6 Å². The normalized spacial score (nSPS) is 11.7. The second-order valence-electron chi connectivity index (χ2n) is 9.50. The number of rotatable bonds is 8. The molecule has 3 heterocycles. The molecule has 6 heteroatoms. The highest BCUT2D eigenvalue weighted by Gasteiger charge is 2.15. The average molecular weight is 535 g/mol. The molecule has 0 N–H and O–H groups in total. The van der Waals surface area contributed by atoms with Crippen molar-refractivity contribution in [3.8, 4) is 40.9 Å². The maximum absolute atomic E-state index is 8.91. The maximum Gasteiger partial charge on any atom is 0.134 e. The summed E-state index contributed by atoms with van der Waals surface area (Å²) in [6.45, 7) is 4.80. The van der Waals surface area contributed by atoms with E-state index in [2.05, 4.69) is 54.0 Å². The van der Waals surface area contributed by atoms with Crippen LogP contribution in [0.4, 0.5) is 0 Å². The van der Waals surface area contributed by atoms with Crippen LogP contribution in [0.15, 0.2) is 105 Å². The number of nitrogens with zero attached hydrogens (tertiary/aromatic N) is 4. The number of hydrogen-bond donors (Lipinski definition) is 0. The van der Waals surface area contributed by atoms with Crippen LogP contribution < -0.4 is 0 Å². The van der Waals surface area contributed by atoms with Gasteiger partial charge in [-0.1, -0.05) is 43.3 Å². The highest BCUT2D eigenvalue weighted by molar-refractivity contribution is 6.09. The molecule has 0 aliphatic carbocycles. The van der Waals surface area contributed by atoms with Gasteiger partial charge in [-0.2, -0.15) is 15.8 Å². The molecule has 0 saturated carbocycles. The van der Waals surface area contributed by atoms with Gasteiger partial charge in [0.05, 0.1) is 6.07 Å². The lowest BCUT2D eigenvalue weighted by atomic mass is 10.1. The van der Waals surface area contributed by atoms with Gasteiger partial charge < -0.3 is 13.4 Å². The van der Waals surface area contributed by atoms with Crippen LogP contribution in [0.25, 0.3) is 56.6 Å². The summed E-state index contributed by atoms with van der Waals surface area (Å²) in [5.74, 6) is 2.87. The summed E-state index contributed by atoms with van der Waals surface area (Å²) in [4.78, 5) is 0. The molecule has 0 atom stereocenters. The lowest BCUT2D eigenvalue weighted by Gasteiger charge is -2.07. The molecule has 0 spiro atoms. The number of aryl methyl sites for hydroxylation is 1. The van der Waals surface area contributed by atoms with Gasteiger partial charge in [-0.25, -0.2) is 0 Å². The van der Waals surface area contributed by atoms with Crippen molar-refractivity contribution >= 4 is 34.0 Å². The zero-order valence-corrected chi connectivity index (χ0v) is 22.8. The van der Waals surface area contributed by atoms with Crippen molar-refractivity contribution in [3.05, 3.63) is 108 Å². The van der Waals surface area contributed by atoms with Gasteiger partial charge in [-0.05, 0) is 74.0 Å². The van der Waals surface area contributed by atoms with Crippen molar-refractivity contribution in [3.63, 3.8) is 0 Å². The molecular weight excluding hydrogens is 508 g/mol. The van der Waals surface area contributed by atoms with Crippen LogP contribution in [0.2, 0.25) is 0 Å². The first-order valence-corrected chi connectivity index (χ1v) is 13.2. The zero-order chi connectivity index (χ0) is 28.8. The second-order valence-corrected chi connectivity index (χ2v) is 9.50. The quantitative estimate of drug-likeness (QED) is 0.146. The van der Waals surface area contributed by atoms with Crippen LogP contribution >= 0.6 is 0 Å².